The number of phenolic OH excluding ortho intramolecular Hbond substituents is 1. The first-order valence-electron chi connectivity index (χ1n) is 9.89. The first kappa shape index (κ1) is 20.4. The van der Waals surface area contributed by atoms with E-state index in [4.69, 9.17) is 4.74 Å². The van der Waals surface area contributed by atoms with Gasteiger partial charge in [0.1, 0.15) is 0 Å². The van der Waals surface area contributed by atoms with Crippen LogP contribution in [0.5, 0.6) is 11.5 Å². The van der Waals surface area contributed by atoms with Crippen molar-refractivity contribution >= 4 is 28.7 Å². The highest BCUT2D eigenvalue weighted by Crippen LogP contribution is 2.36. The molecule has 1 aliphatic rings. The van der Waals surface area contributed by atoms with Gasteiger partial charge in [0.2, 0.25) is 5.75 Å². The molecule has 0 saturated heterocycles. The van der Waals surface area contributed by atoms with Crippen LogP contribution >= 0.6 is 0 Å². The Bertz CT molecular complexity index is 1210. The van der Waals surface area contributed by atoms with E-state index in [1.807, 2.05) is 12.1 Å². The number of aromatic amines is 1. The summed E-state index contributed by atoms with van der Waals surface area (Å²) in [7, 11) is 1.29. The molecule has 1 atom stereocenters. The largest absolute Gasteiger partial charge is 0.500 e. The van der Waals surface area contributed by atoms with Crippen LogP contribution in [0.1, 0.15) is 40.5 Å². The third kappa shape index (κ3) is 3.94. The van der Waals surface area contributed by atoms with Crippen LogP contribution in [-0.2, 0) is 12.8 Å². The average molecular weight is 422 g/mol. The van der Waals surface area contributed by atoms with E-state index in [-0.39, 0.29) is 5.75 Å². The van der Waals surface area contributed by atoms with E-state index in [0.29, 0.717) is 17.0 Å². The molecule has 0 radical (unpaired) electrons. The lowest BCUT2D eigenvalue weighted by Gasteiger charge is -2.18. The van der Waals surface area contributed by atoms with Gasteiger partial charge >= 0.3 is 5.69 Å². The SMILES string of the molecule is COc1cc(/C=N\NC(=O)c2ccc3[nH]c4c(c3c2)CC(C)CC4)cc([N+](=O)[O-])c1O. The Balaban J connectivity index is 1.54. The number of H-pyrrole nitrogens is 1. The minimum atomic E-state index is -0.721. The number of nitrogens with one attached hydrogen (secondary N) is 2. The molecule has 9 heteroatoms. The molecule has 3 aromatic rings. The number of nitro groups is 1. The summed E-state index contributed by atoms with van der Waals surface area (Å²) in [6.45, 7) is 2.23. The highest BCUT2D eigenvalue weighted by molar-refractivity contribution is 5.99. The third-order valence-electron chi connectivity index (χ3n) is 5.57. The van der Waals surface area contributed by atoms with E-state index in [1.165, 1.54) is 30.6 Å². The number of hydrazone groups is 1. The predicted molar refractivity (Wildman–Crippen MR) is 116 cm³/mol. The molecular weight excluding hydrogens is 400 g/mol. The minimum absolute atomic E-state index is 0.0566. The summed E-state index contributed by atoms with van der Waals surface area (Å²) in [5.41, 5.74) is 6.23. The summed E-state index contributed by atoms with van der Waals surface area (Å²) in [6, 6.07) is 8.02. The Morgan fingerprint density at radius 1 is 1.39 bits per heavy atom. The Morgan fingerprint density at radius 2 is 2.19 bits per heavy atom. The summed E-state index contributed by atoms with van der Waals surface area (Å²) < 4.78 is 4.95. The molecule has 1 unspecified atom stereocenters. The molecule has 0 bridgehead atoms. The van der Waals surface area contributed by atoms with Gasteiger partial charge in [0.15, 0.2) is 5.75 Å². The standard InChI is InChI=1S/C22H22N4O5/c1-12-3-5-17-15(7-12)16-10-14(4-6-18(16)24-17)22(28)25-23-11-13-8-19(26(29)30)21(27)20(9-13)31-2/h4,6,8-12,24,27H,3,5,7H2,1-2H3,(H,25,28)/b23-11-. The second kappa shape index (κ2) is 8.10. The molecule has 0 saturated carbocycles. The molecule has 1 amide bonds. The van der Waals surface area contributed by atoms with Crippen molar-refractivity contribution in [1.82, 2.24) is 10.4 Å². The Morgan fingerprint density at radius 3 is 2.94 bits per heavy atom. The Hall–Kier alpha value is -3.88. The number of nitrogens with zero attached hydrogens (tertiary/aromatic N) is 2. The molecule has 160 valence electrons. The van der Waals surface area contributed by atoms with Crippen molar-refractivity contribution < 1.29 is 19.6 Å². The zero-order valence-corrected chi connectivity index (χ0v) is 17.1. The summed E-state index contributed by atoms with van der Waals surface area (Å²) in [6.07, 6.45) is 4.41. The summed E-state index contributed by atoms with van der Waals surface area (Å²) in [5.74, 6) is -0.401. The monoisotopic (exact) mass is 422 g/mol. The molecular formula is C22H22N4O5. The molecule has 1 aromatic heterocycles. The second-order valence-corrected chi connectivity index (χ2v) is 7.74. The molecule has 4 rings (SSSR count). The molecule has 3 N–H and O–H groups in total. The lowest BCUT2D eigenvalue weighted by atomic mass is 9.87. The highest BCUT2D eigenvalue weighted by atomic mass is 16.6. The van der Waals surface area contributed by atoms with Crippen LogP contribution in [-0.4, -0.2) is 34.2 Å². The van der Waals surface area contributed by atoms with Crippen molar-refractivity contribution in [2.24, 2.45) is 11.0 Å². The van der Waals surface area contributed by atoms with E-state index in [2.05, 4.69) is 22.4 Å². The van der Waals surface area contributed by atoms with Crippen molar-refractivity contribution in [3.05, 3.63) is 62.8 Å². The predicted octanol–water partition coefficient (Wildman–Crippen LogP) is 3.68. The first-order valence-corrected chi connectivity index (χ1v) is 9.89. The second-order valence-electron chi connectivity index (χ2n) is 7.74. The Labute approximate surface area is 177 Å². The molecule has 0 aliphatic heterocycles. The molecule has 0 fully saturated rings. The van der Waals surface area contributed by atoms with Crippen LogP contribution in [0.4, 0.5) is 5.69 Å². The number of phenols is 1. The van der Waals surface area contributed by atoms with Gasteiger partial charge in [-0.2, -0.15) is 5.10 Å². The van der Waals surface area contributed by atoms with E-state index in [1.54, 1.807) is 6.07 Å². The van der Waals surface area contributed by atoms with Crippen molar-refractivity contribution in [3.63, 3.8) is 0 Å². The number of carbonyl (C=O) groups is 1. The lowest BCUT2D eigenvalue weighted by molar-refractivity contribution is -0.386. The first-order chi connectivity index (χ1) is 14.9. The van der Waals surface area contributed by atoms with Crippen LogP contribution in [0.2, 0.25) is 0 Å². The van der Waals surface area contributed by atoms with E-state index >= 15 is 0 Å². The summed E-state index contributed by atoms with van der Waals surface area (Å²) in [4.78, 5) is 26.4. The number of fused-ring (bicyclic) bond motifs is 3. The molecule has 1 aliphatic carbocycles. The van der Waals surface area contributed by atoms with Gasteiger partial charge in [-0.25, -0.2) is 5.43 Å². The van der Waals surface area contributed by atoms with E-state index in [0.717, 1.165) is 36.2 Å². The normalized spacial score (nSPS) is 15.7. The summed E-state index contributed by atoms with van der Waals surface area (Å²) >= 11 is 0. The third-order valence-corrected chi connectivity index (χ3v) is 5.57. The quantitative estimate of drug-likeness (QED) is 0.328. The van der Waals surface area contributed by atoms with Gasteiger partial charge in [-0.3, -0.25) is 14.9 Å². The van der Waals surface area contributed by atoms with Crippen LogP contribution in [0.15, 0.2) is 35.4 Å². The van der Waals surface area contributed by atoms with Gasteiger partial charge < -0.3 is 14.8 Å². The van der Waals surface area contributed by atoms with E-state index < -0.39 is 22.3 Å². The smallest absolute Gasteiger partial charge is 0.315 e. The van der Waals surface area contributed by atoms with Gasteiger partial charge in [-0.1, -0.05) is 6.92 Å². The number of hydrogen-bond donors (Lipinski definition) is 3. The van der Waals surface area contributed by atoms with Gasteiger partial charge in [0.05, 0.1) is 18.2 Å². The number of ether oxygens (including phenoxy) is 1. The van der Waals surface area contributed by atoms with Crippen molar-refractivity contribution in [2.75, 3.05) is 7.11 Å². The maximum Gasteiger partial charge on any atom is 0.315 e. The highest BCUT2D eigenvalue weighted by Gasteiger charge is 2.21. The van der Waals surface area contributed by atoms with Crippen molar-refractivity contribution in [2.45, 2.75) is 26.2 Å². The molecule has 1 heterocycles. The van der Waals surface area contributed by atoms with Crippen molar-refractivity contribution in [1.29, 1.82) is 0 Å². The fourth-order valence-electron chi connectivity index (χ4n) is 3.95. The number of benzene rings is 2. The molecule has 2 aromatic carbocycles. The maximum absolute atomic E-state index is 12.6. The van der Waals surface area contributed by atoms with Gasteiger partial charge in [0.25, 0.3) is 5.91 Å². The van der Waals surface area contributed by atoms with Gasteiger partial charge in [-0.05, 0) is 55.0 Å². The van der Waals surface area contributed by atoms with Crippen LogP contribution in [0, 0.1) is 16.0 Å². The van der Waals surface area contributed by atoms with Crippen LogP contribution in [0.25, 0.3) is 10.9 Å². The molecule has 9 nitrogen and oxygen atoms in total. The minimum Gasteiger partial charge on any atom is -0.500 e. The number of aromatic hydroxyl groups is 1. The number of methoxy groups -OCH3 is 1. The molecule has 0 spiro atoms. The number of hydrogen-bond acceptors (Lipinski definition) is 6. The van der Waals surface area contributed by atoms with E-state index in [9.17, 15) is 20.0 Å². The number of rotatable bonds is 5. The fourth-order valence-corrected chi connectivity index (χ4v) is 3.95. The van der Waals surface area contributed by atoms with Crippen LogP contribution < -0.4 is 10.2 Å². The van der Waals surface area contributed by atoms with Gasteiger partial charge in [-0.15, -0.1) is 0 Å². The van der Waals surface area contributed by atoms with Crippen LogP contribution in [0.3, 0.4) is 0 Å². The maximum atomic E-state index is 12.6. The zero-order valence-electron chi connectivity index (χ0n) is 17.1. The summed E-state index contributed by atoms with van der Waals surface area (Å²) in [5, 5.41) is 25.9. The fraction of sp³-hybridized carbons (Fsp3) is 0.273. The topological polar surface area (TPSA) is 130 Å². The average Bonchev–Trinajstić information content (AvgIpc) is 3.11. The lowest BCUT2D eigenvalue weighted by Crippen LogP contribution is -2.17. The van der Waals surface area contributed by atoms with Crippen molar-refractivity contribution in [3.8, 4) is 11.5 Å². The number of aromatic nitrogens is 1. The number of aryl methyl sites for hydroxylation is 1. The number of nitro benzene ring substituents is 1. The zero-order chi connectivity index (χ0) is 22.1. The molecule has 31 heavy (non-hydrogen) atoms. The Kier molecular flexibility index (Phi) is 5.33. The number of amides is 1. The van der Waals surface area contributed by atoms with Gasteiger partial charge in [0, 0.05) is 33.8 Å². The number of carbonyl (C=O) groups excluding carboxylic acids is 1.